The van der Waals surface area contributed by atoms with Gasteiger partial charge in [-0.15, -0.1) is 11.3 Å². The van der Waals surface area contributed by atoms with Crippen LogP contribution in [0.5, 0.6) is 0 Å². The molecule has 4 nitrogen and oxygen atoms in total. The Hall–Kier alpha value is -2.12. The van der Waals surface area contributed by atoms with Crippen LogP contribution >= 0.6 is 11.3 Å². The Morgan fingerprint density at radius 2 is 2.08 bits per heavy atom. The van der Waals surface area contributed by atoms with Gasteiger partial charge in [-0.1, -0.05) is 18.2 Å². The first-order chi connectivity index (χ1) is 12.7. The van der Waals surface area contributed by atoms with Crippen LogP contribution in [0.4, 0.5) is 14.6 Å². The average Bonchev–Trinajstić information content (AvgIpc) is 3.34. The zero-order valence-electron chi connectivity index (χ0n) is 14.1. The Kier molecular flexibility index (Phi) is 5.08. The molecule has 4 rings (SSSR count). The highest BCUT2D eigenvalue weighted by Gasteiger charge is 2.24. The first-order valence-corrected chi connectivity index (χ1v) is 9.52. The van der Waals surface area contributed by atoms with E-state index in [4.69, 9.17) is 4.74 Å². The first-order valence-electron chi connectivity index (χ1n) is 8.64. The molecule has 1 aliphatic rings. The maximum absolute atomic E-state index is 13.4. The number of fused-ring (bicyclic) bond motifs is 1. The molecule has 2 aromatic heterocycles. The van der Waals surface area contributed by atoms with Crippen LogP contribution < -0.4 is 4.90 Å². The molecule has 3 heterocycles. The molecule has 0 radical (unpaired) electrons. The molecular weight excluding hydrogens is 356 g/mol. The third-order valence-corrected chi connectivity index (χ3v) is 5.33. The standard InChI is InChI=1S/C19H19F2N3OS/c20-17(21)18-22-16-8-2-1-7-15(16)19(23-18)24(11-13-5-3-9-25-13)12-14-6-4-10-26-14/h1-2,4,6-8,10,13,17H,3,5,9,11-12H2. The van der Waals surface area contributed by atoms with Gasteiger partial charge in [0.05, 0.1) is 18.2 Å². The normalized spacial score (nSPS) is 17.3. The molecule has 1 unspecified atom stereocenters. The second-order valence-corrected chi connectivity index (χ2v) is 7.35. The fraction of sp³-hybridized carbons (Fsp3) is 0.368. The fourth-order valence-electron chi connectivity index (χ4n) is 3.27. The van der Waals surface area contributed by atoms with Crippen LogP contribution in [-0.4, -0.2) is 29.2 Å². The lowest BCUT2D eigenvalue weighted by molar-refractivity contribution is 0.115. The van der Waals surface area contributed by atoms with Crippen LogP contribution in [0.25, 0.3) is 10.9 Å². The van der Waals surface area contributed by atoms with Crippen molar-refractivity contribution in [2.24, 2.45) is 0 Å². The SMILES string of the molecule is FC(F)c1nc(N(Cc2cccs2)CC2CCCO2)c2ccccc2n1. The van der Waals surface area contributed by atoms with Gasteiger partial charge in [0, 0.05) is 23.4 Å². The van der Waals surface area contributed by atoms with Crippen molar-refractivity contribution in [2.75, 3.05) is 18.1 Å². The van der Waals surface area contributed by atoms with Gasteiger partial charge < -0.3 is 9.64 Å². The molecule has 1 saturated heterocycles. The second-order valence-electron chi connectivity index (χ2n) is 6.32. The van der Waals surface area contributed by atoms with Gasteiger partial charge in [-0.25, -0.2) is 18.7 Å². The Morgan fingerprint density at radius 3 is 2.81 bits per heavy atom. The summed E-state index contributed by atoms with van der Waals surface area (Å²) >= 11 is 1.65. The van der Waals surface area contributed by atoms with E-state index in [9.17, 15) is 8.78 Å². The summed E-state index contributed by atoms with van der Waals surface area (Å²) in [5, 5.41) is 2.80. The Morgan fingerprint density at radius 1 is 1.19 bits per heavy atom. The number of halogens is 2. The van der Waals surface area contributed by atoms with E-state index in [0.717, 1.165) is 29.7 Å². The predicted molar refractivity (Wildman–Crippen MR) is 98.8 cm³/mol. The van der Waals surface area contributed by atoms with Crippen molar-refractivity contribution < 1.29 is 13.5 Å². The van der Waals surface area contributed by atoms with E-state index in [0.29, 0.717) is 24.4 Å². The summed E-state index contributed by atoms with van der Waals surface area (Å²) in [6.07, 6.45) is -0.598. The van der Waals surface area contributed by atoms with Crippen molar-refractivity contribution in [3.63, 3.8) is 0 Å². The Bertz CT molecular complexity index is 866. The molecular formula is C19H19F2N3OS. The van der Waals surface area contributed by atoms with Gasteiger partial charge in [0.25, 0.3) is 6.43 Å². The van der Waals surface area contributed by atoms with Crippen LogP contribution in [-0.2, 0) is 11.3 Å². The highest BCUT2D eigenvalue weighted by molar-refractivity contribution is 7.09. The Balaban J connectivity index is 1.77. The molecule has 1 aromatic carbocycles. The molecule has 0 saturated carbocycles. The van der Waals surface area contributed by atoms with Crippen molar-refractivity contribution in [1.29, 1.82) is 0 Å². The number of aromatic nitrogens is 2. The number of alkyl halides is 2. The fourth-order valence-corrected chi connectivity index (χ4v) is 3.99. The van der Waals surface area contributed by atoms with Crippen molar-refractivity contribution in [1.82, 2.24) is 9.97 Å². The van der Waals surface area contributed by atoms with Crippen molar-refractivity contribution in [3.05, 3.63) is 52.5 Å². The van der Waals surface area contributed by atoms with Gasteiger partial charge in [-0.3, -0.25) is 0 Å². The van der Waals surface area contributed by atoms with Gasteiger partial charge in [-0.2, -0.15) is 0 Å². The monoisotopic (exact) mass is 375 g/mol. The summed E-state index contributed by atoms with van der Waals surface area (Å²) in [4.78, 5) is 11.5. The van der Waals surface area contributed by atoms with Gasteiger partial charge in [0.2, 0.25) is 0 Å². The number of ether oxygens (including phenoxy) is 1. The van der Waals surface area contributed by atoms with E-state index >= 15 is 0 Å². The van der Waals surface area contributed by atoms with E-state index in [2.05, 4.69) is 14.9 Å². The van der Waals surface area contributed by atoms with Crippen LogP contribution in [0.2, 0.25) is 0 Å². The molecule has 1 aliphatic heterocycles. The molecule has 0 bridgehead atoms. The molecule has 0 N–H and O–H groups in total. The van der Waals surface area contributed by atoms with Crippen LogP contribution in [0.3, 0.4) is 0 Å². The number of nitrogens with zero attached hydrogens (tertiary/aromatic N) is 3. The second kappa shape index (κ2) is 7.63. The quantitative estimate of drug-likeness (QED) is 0.619. The summed E-state index contributed by atoms with van der Waals surface area (Å²) < 4.78 is 32.5. The zero-order chi connectivity index (χ0) is 17.9. The largest absolute Gasteiger partial charge is 0.376 e. The topological polar surface area (TPSA) is 38.2 Å². The molecule has 26 heavy (non-hydrogen) atoms. The number of anilines is 1. The minimum Gasteiger partial charge on any atom is -0.376 e. The zero-order valence-corrected chi connectivity index (χ0v) is 15.0. The Labute approximate surface area is 154 Å². The van der Waals surface area contributed by atoms with Gasteiger partial charge in [0.15, 0.2) is 5.82 Å². The molecule has 3 aromatic rings. The number of benzene rings is 1. The molecule has 0 aliphatic carbocycles. The molecule has 1 fully saturated rings. The van der Waals surface area contributed by atoms with Crippen molar-refractivity contribution in [3.8, 4) is 0 Å². The predicted octanol–water partition coefficient (Wildman–Crippen LogP) is 4.81. The third kappa shape index (κ3) is 3.68. The number of para-hydroxylation sites is 1. The summed E-state index contributed by atoms with van der Waals surface area (Å²) in [7, 11) is 0. The van der Waals surface area contributed by atoms with Crippen molar-refractivity contribution in [2.45, 2.75) is 31.9 Å². The lowest BCUT2D eigenvalue weighted by atomic mass is 10.2. The van der Waals surface area contributed by atoms with Crippen LogP contribution in [0.15, 0.2) is 41.8 Å². The molecule has 1 atom stereocenters. The molecule has 0 amide bonds. The van der Waals surface area contributed by atoms with E-state index in [1.54, 1.807) is 23.5 Å². The van der Waals surface area contributed by atoms with E-state index < -0.39 is 12.2 Å². The smallest absolute Gasteiger partial charge is 0.297 e. The van der Waals surface area contributed by atoms with Crippen LogP contribution in [0.1, 0.15) is 30.0 Å². The van der Waals surface area contributed by atoms with E-state index in [1.165, 1.54) is 0 Å². The van der Waals surface area contributed by atoms with Gasteiger partial charge >= 0.3 is 0 Å². The lowest BCUT2D eigenvalue weighted by Gasteiger charge is -2.27. The molecule has 7 heteroatoms. The highest BCUT2D eigenvalue weighted by atomic mass is 32.1. The highest BCUT2D eigenvalue weighted by Crippen LogP contribution is 2.30. The van der Waals surface area contributed by atoms with Gasteiger partial charge in [-0.05, 0) is 36.4 Å². The number of hydrogen-bond donors (Lipinski definition) is 0. The maximum Gasteiger partial charge on any atom is 0.297 e. The van der Waals surface area contributed by atoms with Crippen molar-refractivity contribution >= 4 is 28.1 Å². The summed E-state index contributed by atoms with van der Waals surface area (Å²) in [5.41, 5.74) is 0.538. The summed E-state index contributed by atoms with van der Waals surface area (Å²) in [5.74, 6) is 0.122. The van der Waals surface area contributed by atoms with E-state index in [1.807, 2.05) is 29.6 Å². The lowest BCUT2D eigenvalue weighted by Crippen LogP contribution is -2.32. The summed E-state index contributed by atoms with van der Waals surface area (Å²) in [6, 6.07) is 11.4. The molecule has 136 valence electrons. The first kappa shape index (κ1) is 17.3. The minimum atomic E-state index is -2.70. The summed E-state index contributed by atoms with van der Waals surface area (Å²) in [6.45, 7) is 1.99. The maximum atomic E-state index is 13.4. The van der Waals surface area contributed by atoms with Crippen LogP contribution in [0, 0.1) is 0 Å². The van der Waals surface area contributed by atoms with Gasteiger partial charge in [0.1, 0.15) is 5.82 Å². The number of hydrogen-bond acceptors (Lipinski definition) is 5. The van der Waals surface area contributed by atoms with E-state index in [-0.39, 0.29) is 6.10 Å². The minimum absolute atomic E-state index is 0.0960. The average molecular weight is 375 g/mol. The number of rotatable bonds is 6. The number of thiophene rings is 1. The molecule has 0 spiro atoms. The third-order valence-electron chi connectivity index (χ3n) is 4.47.